The van der Waals surface area contributed by atoms with E-state index < -0.39 is 0 Å². The van der Waals surface area contributed by atoms with Crippen molar-refractivity contribution in [2.24, 2.45) is 0 Å². The largest absolute Gasteiger partial charge is 0.313 e. The number of ketones is 1. The zero-order valence-electron chi connectivity index (χ0n) is 10.6. The zero-order chi connectivity index (χ0) is 12.1. The van der Waals surface area contributed by atoms with Crippen LogP contribution in [0.4, 0.5) is 0 Å². The highest BCUT2D eigenvalue weighted by Gasteiger charge is 2.10. The van der Waals surface area contributed by atoms with Crippen molar-refractivity contribution in [3.63, 3.8) is 0 Å². The second-order valence-electron chi connectivity index (χ2n) is 4.43. The Morgan fingerprint density at radius 3 is 2.50 bits per heavy atom. The highest BCUT2D eigenvalue weighted by molar-refractivity contribution is 5.75. The van der Waals surface area contributed by atoms with Gasteiger partial charge in [0, 0.05) is 12.5 Å². The predicted molar refractivity (Wildman–Crippen MR) is 67.6 cm³/mol. The van der Waals surface area contributed by atoms with Gasteiger partial charge in [0.1, 0.15) is 5.78 Å². The van der Waals surface area contributed by atoms with E-state index in [1.165, 1.54) is 16.7 Å². The summed E-state index contributed by atoms with van der Waals surface area (Å²) in [5.74, 6) is 0.254. The fraction of sp³-hybridized carbons (Fsp3) is 0.500. The summed E-state index contributed by atoms with van der Waals surface area (Å²) in [6, 6.07) is 6.77. The Bertz CT molecular complexity index is 371. The van der Waals surface area contributed by atoms with Crippen LogP contribution >= 0.6 is 0 Å². The predicted octanol–water partition coefficient (Wildman–Crippen LogP) is 2.93. The molecule has 0 aliphatic rings. The molecule has 1 N–H and O–H groups in total. The average molecular weight is 219 g/mol. The molecule has 1 rings (SSSR count). The van der Waals surface area contributed by atoms with E-state index in [-0.39, 0.29) is 11.8 Å². The minimum atomic E-state index is 0.254. The van der Waals surface area contributed by atoms with Gasteiger partial charge in [-0.3, -0.25) is 0 Å². The summed E-state index contributed by atoms with van der Waals surface area (Å²) in [5, 5.41) is 3.27. The summed E-state index contributed by atoms with van der Waals surface area (Å²) in [5.41, 5.74) is 3.89. The molecule has 0 aliphatic carbocycles. The molecule has 0 bridgehead atoms. The first kappa shape index (κ1) is 12.9. The zero-order valence-corrected chi connectivity index (χ0v) is 10.6. The van der Waals surface area contributed by atoms with Crippen LogP contribution in [0.5, 0.6) is 0 Å². The topological polar surface area (TPSA) is 29.1 Å². The molecule has 1 aromatic carbocycles. The highest BCUT2D eigenvalue weighted by atomic mass is 16.1. The third-order valence-corrected chi connectivity index (χ3v) is 3.07. The Morgan fingerprint density at radius 2 is 2.00 bits per heavy atom. The third-order valence-electron chi connectivity index (χ3n) is 3.07. The van der Waals surface area contributed by atoms with Crippen molar-refractivity contribution in [1.82, 2.24) is 5.32 Å². The minimum absolute atomic E-state index is 0.254. The van der Waals surface area contributed by atoms with Crippen molar-refractivity contribution >= 4 is 5.78 Å². The molecule has 2 nitrogen and oxygen atoms in total. The summed E-state index contributed by atoms with van der Waals surface area (Å²) in [7, 11) is 1.94. The van der Waals surface area contributed by atoms with Gasteiger partial charge in [-0.15, -0.1) is 0 Å². The molecular weight excluding hydrogens is 198 g/mol. The van der Waals surface area contributed by atoms with Crippen LogP contribution in [-0.2, 0) is 4.79 Å². The first-order valence-electron chi connectivity index (χ1n) is 5.78. The Hall–Kier alpha value is -1.15. The van der Waals surface area contributed by atoms with Crippen molar-refractivity contribution < 1.29 is 4.79 Å². The van der Waals surface area contributed by atoms with Crippen molar-refractivity contribution in [2.75, 3.05) is 7.05 Å². The van der Waals surface area contributed by atoms with Crippen LogP contribution in [0, 0.1) is 13.8 Å². The first-order valence-corrected chi connectivity index (χ1v) is 5.78. The molecule has 0 fully saturated rings. The first-order chi connectivity index (χ1) is 7.54. The van der Waals surface area contributed by atoms with Crippen LogP contribution in [0.1, 0.15) is 42.5 Å². The summed E-state index contributed by atoms with van der Waals surface area (Å²) in [6.07, 6.45) is 1.51. The monoisotopic (exact) mass is 219 g/mol. The molecule has 0 heterocycles. The second kappa shape index (κ2) is 5.80. The minimum Gasteiger partial charge on any atom is -0.313 e. The van der Waals surface area contributed by atoms with E-state index in [0.717, 1.165) is 6.42 Å². The highest BCUT2D eigenvalue weighted by Crippen LogP contribution is 2.20. The summed E-state index contributed by atoms with van der Waals surface area (Å²) >= 11 is 0. The summed E-state index contributed by atoms with van der Waals surface area (Å²) in [4.78, 5) is 11.0. The number of benzene rings is 1. The van der Waals surface area contributed by atoms with E-state index in [4.69, 9.17) is 0 Å². The van der Waals surface area contributed by atoms with Gasteiger partial charge in [0.25, 0.3) is 0 Å². The van der Waals surface area contributed by atoms with Crippen molar-refractivity contribution in [2.45, 2.75) is 39.7 Å². The Morgan fingerprint density at radius 1 is 1.31 bits per heavy atom. The number of hydrogen-bond acceptors (Lipinski definition) is 2. The molecule has 1 unspecified atom stereocenters. The Kier molecular flexibility index (Phi) is 4.69. The lowest BCUT2D eigenvalue weighted by molar-refractivity contribution is -0.117. The lowest BCUT2D eigenvalue weighted by Crippen LogP contribution is -2.17. The Labute approximate surface area is 98.1 Å². The average Bonchev–Trinajstić information content (AvgIpc) is 2.23. The second-order valence-corrected chi connectivity index (χ2v) is 4.43. The van der Waals surface area contributed by atoms with Crippen molar-refractivity contribution in [1.29, 1.82) is 0 Å². The van der Waals surface area contributed by atoms with Gasteiger partial charge in [0.05, 0.1) is 0 Å². The number of carbonyl (C=O) groups excluding carboxylic acids is 1. The van der Waals surface area contributed by atoms with E-state index in [1.54, 1.807) is 6.92 Å². The fourth-order valence-corrected chi connectivity index (χ4v) is 1.81. The number of aryl methyl sites for hydroxylation is 2. The van der Waals surface area contributed by atoms with Gasteiger partial charge in [-0.25, -0.2) is 0 Å². The number of Topliss-reactive ketones (excluding diaryl/α,β-unsaturated/α-hetero) is 1. The molecular formula is C14H21NO. The van der Waals surface area contributed by atoms with Gasteiger partial charge >= 0.3 is 0 Å². The molecule has 1 aromatic rings. The number of carbonyl (C=O) groups is 1. The molecule has 0 aromatic heterocycles. The van der Waals surface area contributed by atoms with Gasteiger partial charge in [0.2, 0.25) is 0 Å². The van der Waals surface area contributed by atoms with E-state index in [1.807, 2.05) is 7.05 Å². The lowest BCUT2D eigenvalue weighted by Gasteiger charge is -2.17. The maximum Gasteiger partial charge on any atom is 0.129 e. The van der Waals surface area contributed by atoms with Crippen LogP contribution in [0.3, 0.4) is 0 Å². The fourth-order valence-electron chi connectivity index (χ4n) is 1.81. The quantitative estimate of drug-likeness (QED) is 0.825. The van der Waals surface area contributed by atoms with E-state index in [0.29, 0.717) is 6.42 Å². The van der Waals surface area contributed by atoms with Crippen LogP contribution in [0.2, 0.25) is 0 Å². The maximum atomic E-state index is 11.0. The molecule has 88 valence electrons. The van der Waals surface area contributed by atoms with E-state index >= 15 is 0 Å². The molecule has 0 amide bonds. The third kappa shape index (κ3) is 3.46. The van der Waals surface area contributed by atoms with Crippen molar-refractivity contribution in [3.05, 3.63) is 34.9 Å². The molecule has 16 heavy (non-hydrogen) atoms. The van der Waals surface area contributed by atoms with Crippen LogP contribution in [0.25, 0.3) is 0 Å². The van der Waals surface area contributed by atoms with Gasteiger partial charge in [-0.05, 0) is 50.9 Å². The summed E-state index contributed by atoms with van der Waals surface area (Å²) in [6.45, 7) is 5.88. The molecule has 0 aliphatic heterocycles. The van der Waals surface area contributed by atoms with Gasteiger partial charge in [-0.2, -0.15) is 0 Å². The van der Waals surface area contributed by atoms with Crippen molar-refractivity contribution in [3.8, 4) is 0 Å². The standard InChI is InChI=1S/C14H21NO/c1-10-5-7-13(9-11(10)2)14(15-4)8-6-12(3)16/h5,7,9,14-15H,6,8H2,1-4H3. The number of rotatable bonds is 5. The maximum absolute atomic E-state index is 11.0. The summed E-state index contributed by atoms with van der Waals surface area (Å²) < 4.78 is 0. The SMILES string of the molecule is CNC(CCC(C)=O)c1ccc(C)c(C)c1. The molecule has 2 heteroatoms. The number of hydrogen-bond donors (Lipinski definition) is 1. The van der Waals surface area contributed by atoms with Crippen LogP contribution < -0.4 is 5.32 Å². The van der Waals surface area contributed by atoms with Crippen LogP contribution in [-0.4, -0.2) is 12.8 Å². The Balaban J connectivity index is 2.78. The molecule has 0 saturated carbocycles. The smallest absolute Gasteiger partial charge is 0.129 e. The number of nitrogens with one attached hydrogen (secondary N) is 1. The lowest BCUT2D eigenvalue weighted by atomic mass is 9.97. The van der Waals surface area contributed by atoms with Crippen LogP contribution in [0.15, 0.2) is 18.2 Å². The van der Waals surface area contributed by atoms with Gasteiger partial charge < -0.3 is 10.1 Å². The van der Waals surface area contributed by atoms with Gasteiger partial charge in [0.15, 0.2) is 0 Å². The molecule has 1 atom stereocenters. The normalized spacial score (nSPS) is 12.5. The molecule has 0 radical (unpaired) electrons. The molecule has 0 saturated heterocycles. The molecule has 0 spiro atoms. The van der Waals surface area contributed by atoms with E-state index in [9.17, 15) is 4.79 Å². The van der Waals surface area contributed by atoms with E-state index in [2.05, 4.69) is 37.4 Å². The van der Waals surface area contributed by atoms with Gasteiger partial charge in [-0.1, -0.05) is 18.2 Å².